The average molecular weight is 321 g/mol. The lowest BCUT2D eigenvalue weighted by atomic mass is 10.1. The summed E-state index contributed by atoms with van der Waals surface area (Å²) in [6.45, 7) is 1.52. The number of carbonyl (C=O) groups excluding carboxylic acids is 2. The number of amides is 2. The summed E-state index contributed by atoms with van der Waals surface area (Å²) in [7, 11) is 0. The van der Waals surface area contributed by atoms with Crippen LogP contribution in [0.3, 0.4) is 0 Å². The second kappa shape index (κ2) is 5.47. The van der Waals surface area contributed by atoms with E-state index in [1.165, 1.54) is 0 Å². The fourth-order valence-corrected chi connectivity index (χ4v) is 2.71. The Bertz CT molecular complexity index is 959. The van der Waals surface area contributed by atoms with E-state index in [1.807, 2.05) is 24.4 Å². The van der Waals surface area contributed by atoms with E-state index in [1.54, 1.807) is 34.0 Å². The molecule has 0 atom stereocenters. The van der Waals surface area contributed by atoms with Crippen molar-refractivity contribution in [3.05, 3.63) is 59.8 Å². The molecule has 3 N–H and O–H groups in total. The molecule has 2 amide bonds. The highest BCUT2D eigenvalue weighted by atomic mass is 16.2. The minimum atomic E-state index is -0.515. The molecule has 0 aliphatic carbocycles. The lowest BCUT2D eigenvalue weighted by Gasteiger charge is -2.32. The molecule has 2 aromatic carbocycles. The summed E-state index contributed by atoms with van der Waals surface area (Å²) < 4.78 is 1.65. The zero-order valence-corrected chi connectivity index (χ0v) is 12.8. The molecule has 24 heavy (non-hydrogen) atoms. The number of nitrogens with one attached hydrogen (secondary N) is 1. The molecule has 0 unspecified atom stereocenters. The predicted octanol–water partition coefficient (Wildman–Crippen LogP) is 1.08. The van der Waals surface area contributed by atoms with E-state index < -0.39 is 5.91 Å². The number of primary amides is 1. The predicted molar refractivity (Wildman–Crippen MR) is 88.6 cm³/mol. The molecule has 1 aromatic heterocycles. The monoisotopic (exact) mass is 321 g/mol. The number of carbonyl (C=O) groups is 2. The third-order valence-corrected chi connectivity index (χ3v) is 4.04. The Morgan fingerprint density at radius 1 is 1.17 bits per heavy atom. The Labute approximate surface area is 137 Å². The molecular formula is C17H15N5O2. The minimum absolute atomic E-state index is 0.0716. The summed E-state index contributed by atoms with van der Waals surface area (Å²) in [5.74, 6) is -0.587. The summed E-state index contributed by atoms with van der Waals surface area (Å²) in [6.07, 6.45) is 1.81. The summed E-state index contributed by atoms with van der Waals surface area (Å²) in [5.41, 5.74) is 10.6. The maximum absolute atomic E-state index is 12.3. The van der Waals surface area contributed by atoms with Gasteiger partial charge < -0.3 is 5.73 Å². The maximum atomic E-state index is 12.3. The van der Waals surface area contributed by atoms with Crippen molar-refractivity contribution < 1.29 is 9.59 Å². The van der Waals surface area contributed by atoms with E-state index in [-0.39, 0.29) is 5.91 Å². The SMILES string of the molecule is NC(=O)c1cccc2cn(-c3cccc(C(=O)N4CCN4)c3)nc12. The second-order valence-electron chi connectivity index (χ2n) is 5.60. The van der Waals surface area contributed by atoms with Crippen molar-refractivity contribution >= 4 is 22.7 Å². The third kappa shape index (κ3) is 2.31. The minimum Gasteiger partial charge on any atom is -0.366 e. The van der Waals surface area contributed by atoms with Crippen LogP contribution in [0, 0.1) is 0 Å². The van der Waals surface area contributed by atoms with Gasteiger partial charge in [-0.2, -0.15) is 5.10 Å². The van der Waals surface area contributed by atoms with Crippen LogP contribution in [0.5, 0.6) is 0 Å². The van der Waals surface area contributed by atoms with Crippen LogP contribution in [0.4, 0.5) is 0 Å². The van der Waals surface area contributed by atoms with Crippen molar-refractivity contribution in [3.8, 4) is 5.69 Å². The Kier molecular flexibility index (Phi) is 3.28. The van der Waals surface area contributed by atoms with Crippen LogP contribution >= 0.6 is 0 Å². The molecule has 4 rings (SSSR count). The Morgan fingerprint density at radius 3 is 2.67 bits per heavy atom. The van der Waals surface area contributed by atoms with Gasteiger partial charge in [-0.1, -0.05) is 18.2 Å². The molecule has 0 spiro atoms. The number of rotatable bonds is 3. The maximum Gasteiger partial charge on any atom is 0.268 e. The second-order valence-corrected chi connectivity index (χ2v) is 5.60. The topological polar surface area (TPSA) is 93.2 Å². The average Bonchev–Trinajstić information content (AvgIpc) is 2.97. The van der Waals surface area contributed by atoms with E-state index >= 15 is 0 Å². The number of aromatic nitrogens is 2. The number of hydrogen-bond acceptors (Lipinski definition) is 4. The molecule has 2 heterocycles. The summed E-state index contributed by atoms with van der Waals surface area (Å²) >= 11 is 0. The van der Waals surface area contributed by atoms with E-state index in [0.717, 1.165) is 17.6 Å². The van der Waals surface area contributed by atoms with Crippen LogP contribution in [-0.2, 0) is 0 Å². The zero-order valence-electron chi connectivity index (χ0n) is 12.8. The van der Waals surface area contributed by atoms with Gasteiger partial charge in [-0.15, -0.1) is 0 Å². The molecule has 1 aliphatic rings. The molecule has 0 radical (unpaired) electrons. The van der Waals surface area contributed by atoms with Crippen molar-refractivity contribution in [3.63, 3.8) is 0 Å². The highest BCUT2D eigenvalue weighted by molar-refractivity contribution is 6.04. The highest BCUT2D eigenvalue weighted by Crippen LogP contribution is 2.20. The van der Waals surface area contributed by atoms with Crippen molar-refractivity contribution in [2.45, 2.75) is 0 Å². The van der Waals surface area contributed by atoms with Crippen LogP contribution in [0.15, 0.2) is 48.7 Å². The van der Waals surface area contributed by atoms with E-state index in [0.29, 0.717) is 23.2 Å². The summed E-state index contributed by atoms with van der Waals surface area (Å²) in [6, 6.07) is 12.5. The van der Waals surface area contributed by atoms with Crippen LogP contribution in [-0.4, -0.2) is 39.7 Å². The van der Waals surface area contributed by atoms with Crippen molar-refractivity contribution in [2.75, 3.05) is 13.1 Å². The quantitative estimate of drug-likeness (QED) is 0.755. The molecule has 1 fully saturated rings. The Hall–Kier alpha value is -3.19. The van der Waals surface area contributed by atoms with Crippen LogP contribution < -0.4 is 11.2 Å². The number of fused-ring (bicyclic) bond motifs is 1. The van der Waals surface area contributed by atoms with Gasteiger partial charge in [0.2, 0.25) is 0 Å². The zero-order chi connectivity index (χ0) is 16.7. The number of nitrogens with two attached hydrogens (primary N) is 1. The number of hydrogen-bond donors (Lipinski definition) is 2. The molecular weight excluding hydrogens is 306 g/mol. The van der Waals surface area contributed by atoms with Crippen molar-refractivity contribution in [1.29, 1.82) is 0 Å². The van der Waals surface area contributed by atoms with Gasteiger partial charge in [0, 0.05) is 23.7 Å². The van der Waals surface area contributed by atoms with Crippen molar-refractivity contribution in [1.82, 2.24) is 20.2 Å². The van der Waals surface area contributed by atoms with Crippen LogP contribution in [0.2, 0.25) is 0 Å². The fourth-order valence-electron chi connectivity index (χ4n) is 2.71. The normalized spacial score (nSPS) is 13.8. The summed E-state index contributed by atoms with van der Waals surface area (Å²) in [4.78, 5) is 23.8. The van der Waals surface area contributed by atoms with Crippen LogP contribution in [0.25, 0.3) is 16.6 Å². The van der Waals surface area contributed by atoms with E-state index in [2.05, 4.69) is 10.5 Å². The molecule has 120 valence electrons. The highest BCUT2D eigenvalue weighted by Gasteiger charge is 2.21. The van der Waals surface area contributed by atoms with Gasteiger partial charge in [-0.05, 0) is 24.3 Å². The first-order chi connectivity index (χ1) is 11.6. The molecule has 0 saturated carbocycles. The fraction of sp³-hybridized carbons (Fsp3) is 0.118. The first kappa shape index (κ1) is 14.4. The number of nitrogens with zero attached hydrogens (tertiary/aromatic N) is 3. The molecule has 1 saturated heterocycles. The van der Waals surface area contributed by atoms with Gasteiger partial charge in [-0.3, -0.25) is 14.6 Å². The van der Waals surface area contributed by atoms with Gasteiger partial charge in [0.1, 0.15) is 5.52 Å². The van der Waals surface area contributed by atoms with Gasteiger partial charge in [0.05, 0.1) is 17.8 Å². The molecule has 7 heteroatoms. The van der Waals surface area contributed by atoms with E-state index in [9.17, 15) is 9.59 Å². The molecule has 0 bridgehead atoms. The van der Waals surface area contributed by atoms with Crippen molar-refractivity contribution in [2.24, 2.45) is 5.73 Å². The number of benzene rings is 2. The van der Waals surface area contributed by atoms with Gasteiger partial charge in [0.15, 0.2) is 0 Å². The lowest BCUT2D eigenvalue weighted by Crippen LogP contribution is -2.56. The van der Waals surface area contributed by atoms with E-state index in [4.69, 9.17) is 5.73 Å². The lowest BCUT2D eigenvalue weighted by molar-refractivity contribution is 0.0485. The number of hydrazine groups is 1. The largest absolute Gasteiger partial charge is 0.366 e. The molecule has 7 nitrogen and oxygen atoms in total. The summed E-state index contributed by atoms with van der Waals surface area (Å²) in [5, 5.41) is 6.84. The van der Waals surface area contributed by atoms with Crippen LogP contribution in [0.1, 0.15) is 20.7 Å². The molecule has 3 aromatic rings. The molecule has 1 aliphatic heterocycles. The Morgan fingerprint density at radius 2 is 1.96 bits per heavy atom. The third-order valence-electron chi connectivity index (χ3n) is 4.04. The first-order valence-corrected chi connectivity index (χ1v) is 7.57. The van der Waals surface area contributed by atoms with Gasteiger partial charge in [0.25, 0.3) is 11.8 Å². The first-order valence-electron chi connectivity index (χ1n) is 7.57. The van der Waals surface area contributed by atoms with Gasteiger partial charge in [-0.25, -0.2) is 10.1 Å². The standard InChI is InChI=1S/C17H15N5O2/c18-16(23)14-6-2-4-12-10-22(20-15(12)14)13-5-1-3-11(9-13)17(24)21-8-7-19-21/h1-6,9-10,19H,7-8H2,(H2,18,23). The van der Waals surface area contributed by atoms with Gasteiger partial charge >= 0.3 is 0 Å². The Balaban J connectivity index is 1.76. The smallest absolute Gasteiger partial charge is 0.268 e.